The monoisotopic (exact) mass is 323 g/mol. The molecule has 1 aromatic rings. The number of nitrogens with one attached hydrogen (secondary N) is 1. The zero-order valence-electron chi connectivity index (χ0n) is 12.2. The Bertz CT molecular complexity index is 507. The Hall–Kier alpha value is -0.670. The molecule has 3 rings (SSSR count). The van der Waals surface area contributed by atoms with Crippen molar-refractivity contribution in [2.24, 2.45) is 11.8 Å². The van der Waals surface area contributed by atoms with Crippen molar-refractivity contribution >= 4 is 29.3 Å². The van der Waals surface area contributed by atoms with Gasteiger partial charge >= 0.3 is 0 Å². The molecule has 2 nitrogen and oxygen atoms in total. The molecule has 0 bridgehead atoms. The molecule has 1 aromatic carbocycles. The normalized spacial score (nSPS) is 28.1. The van der Waals surface area contributed by atoms with E-state index in [9.17, 15) is 4.79 Å². The van der Waals surface area contributed by atoms with Crippen LogP contribution in [0.1, 0.15) is 37.2 Å². The fourth-order valence-corrected chi connectivity index (χ4v) is 5.13. The topological polar surface area (TPSA) is 29.1 Å². The third-order valence-corrected chi connectivity index (χ3v) is 6.40. The standard InChI is InChI=1S/C17H22ClNOS/c18-9-12-5-1-2-6-13(12)10-19-17(20)15-11-21-16-8-4-3-7-14(15)16/h3-4,7-8,12-13,15H,1-2,5-6,9-11H2,(H,19,20). The molecule has 1 amide bonds. The summed E-state index contributed by atoms with van der Waals surface area (Å²) in [5.74, 6) is 2.93. The first-order valence-corrected chi connectivity index (χ1v) is 9.37. The lowest BCUT2D eigenvalue weighted by atomic mass is 9.80. The summed E-state index contributed by atoms with van der Waals surface area (Å²) in [6.45, 7) is 0.791. The third-order valence-electron chi connectivity index (χ3n) is 4.82. The largest absolute Gasteiger partial charge is 0.355 e. The van der Waals surface area contributed by atoms with Crippen molar-refractivity contribution < 1.29 is 4.79 Å². The first-order chi connectivity index (χ1) is 10.3. The van der Waals surface area contributed by atoms with Crippen LogP contribution >= 0.6 is 23.4 Å². The van der Waals surface area contributed by atoms with Gasteiger partial charge in [0.15, 0.2) is 0 Å². The fourth-order valence-electron chi connectivity index (χ4n) is 3.49. The van der Waals surface area contributed by atoms with E-state index in [1.165, 1.54) is 36.1 Å². The van der Waals surface area contributed by atoms with Crippen LogP contribution in [0.25, 0.3) is 0 Å². The highest BCUT2D eigenvalue weighted by molar-refractivity contribution is 7.99. The highest BCUT2D eigenvalue weighted by Gasteiger charge is 2.30. The highest BCUT2D eigenvalue weighted by atomic mass is 35.5. The second-order valence-corrected chi connectivity index (χ2v) is 7.48. The van der Waals surface area contributed by atoms with Crippen molar-refractivity contribution in [3.63, 3.8) is 0 Å². The lowest BCUT2D eigenvalue weighted by molar-refractivity contribution is -0.122. The Balaban J connectivity index is 1.57. The number of halogens is 1. The predicted molar refractivity (Wildman–Crippen MR) is 89.1 cm³/mol. The molecule has 1 saturated carbocycles. The van der Waals surface area contributed by atoms with E-state index in [1.54, 1.807) is 11.8 Å². The number of carbonyl (C=O) groups excluding carboxylic acids is 1. The van der Waals surface area contributed by atoms with E-state index in [4.69, 9.17) is 11.6 Å². The van der Waals surface area contributed by atoms with Gasteiger partial charge in [-0.05, 0) is 36.3 Å². The lowest BCUT2D eigenvalue weighted by Gasteiger charge is -2.30. The number of benzene rings is 1. The van der Waals surface area contributed by atoms with E-state index in [1.807, 2.05) is 12.1 Å². The van der Waals surface area contributed by atoms with Crippen molar-refractivity contribution in [1.82, 2.24) is 5.32 Å². The number of carbonyl (C=O) groups is 1. The minimum absolute atomic E-state index is 0.0178. The van der Waals surface area contributed by atoms with Crippen molar-refractivity contribution in [3.8, 4) is 0 Å². The minimum Gasteiger partial charge on any atom is -0.355 e. The fraction of sp³-hybridized carbons (Fsp3) is 0.588. The van der Waals surface area contributed by atoms with E-state index in [0.717, 1.165) is 18.2 Å². The number of rotatable bonds is 4. The molecule has 3 atom stereocenters. The van der Waals surface area contributed by atoms with Crippen LogP contribution in [0.3, 0.4) is 0 Å². The first-order valence-electron chi connectivity index (χ1n) is 7.85. The van der Waals surface area contributed by atoms with Crippen LogP contribution in [0.4, 0.5) is 0 Å². The number of amides is 1. The molecule has 1 aliphatic carbocycles. The minimum atomic E-state index is 0.0178. The first kappa shape index (κ1) is 15.2. The van der Waals surface area contributed by atoms with Gasteiger partial charge in [0, 0.05) is 23.1 Å². The number of hydrogen-bond acceptors (Lipinski definition) is 2. The predicted octanol–water partition coefficient (Wildman–Crippen LogP) is 4.04. The van der Waals surface area contributed by atoms with Gasteiger partial charge in [-0.3, -0.25) is 4.79 Å². The van der Waals surface area contributed by atoms with E-state index in [0.29, 0.717) is 11.8 Å². The van der Waals surface area contributed by atoms with Gasteiger partial charge in [-0.25, -0.2) is 0 Å². The summed E-state index contributed by atoms with van der Waals surface area (Å²) in [4.78, 5) is 13.7. The van der Waals surface area contributed by atoms with E-state index in [-0.39, 0.29) is 11.8 Å². The molecule has 1 aliphatic heterocycles. The smallest absolute Gasteiger partial charge is 0.228 e. The van der Waals surface area contributed by atoms with Crippen molar-refractivity contribution in [2.75, 3.05) is 18.2 Å². The van der Waals surface area contributed by atoms with Crippen LogP contribution in [0.5, 0.6) is 0 Å². The quantitative estimate of drug-likeness (QED) is 0.847. The summed E-state index contributed by atoms with van der Waals surface area (Å²) in [6, 6.07) is 8.26. The molecule has 3 unspecified atom stereocenters. The van der Waals surface area contributed by atoms with Gasteiger partial charge in [-0.2, -0.15) is 0 Å². The van der Waals surface area contributed by atoms with E-state index in [2.05, 4.69) is 17.4 Å². The Morgan fingerprint density at radius 1 is 1.24 bits per heavy atom. The molecule has 1 heterocycles. The summed E-state index contributed by atoms with van der Waals surface area (Å²) in [5.41, 5.74) is 1.19. The molecule has 0 radical (unpaired) electrons. The average molecular weight is 324 g/mol. The van der Waals surface area contributed by atoms with Crippen molar-refractivity contribution in [2.45, 2.75) is 36.5 Å². The second kappa shape index (κ2) is 7.06. The molecule has 0 aromatic heterocycles. The highest BCUT2D eigenvalue weighted by Crippen LogP contribution is 2.39. The molecule has 21 heavy (non-hydrogen) atoms. The maximum Gasteiger partial charge on any atom is 0.228 e. The van der Waals surface area contributed by atoms with Gasteiger partial charge in [0.1, 0.15) is 0 Å². The second-order valence-electron chi connectivity index (χ2n) is 6.11. The SMILES string of the molecule is O=C(NCC1CCCCC1CCl)C1CSc2ccccc21. The van der Waals surface area contributed by atoms with E-state index < -0.39 is 0 Å². The van der Waals surface area contributed by atoms with Crippen LogP contribution in [0.15, 0.2) is 29.2 Å². The Morgan fingerprint density at radius 2 is 2.00 bits per heavy atom. The molecule has 114 valence electrons. The van der Waals surface area contributed by atoms with E-state index >= 15 is 0 Å². The van der Waals surface area contributed by atoms with Crippen LogP contribution in [-0.2, 0) is 4.79 Å². The summed E-state index contributed by atoms with van der Waals surface area (Å²) >= 11 is 7.86. The molecule has 1 fully saturated rings. The summed E-state index contributed by atoms with van der Waals surface area (Å²) in [6.07, 6.45) is 4.98. The molecular weight excluding hydrogens is 302 g/mol. The van der Waals surface area contributed by atoms with Gasteiger partial charge < -0.3 is 5.32 Å². The molecule has 1 N–H and O–H groups in total. The van der Waals surface area contributed by atoms with Gasteiger partial charge in [-0.15, -0.1) is 23.4 Å². The number of fused-ring (bicyclic) bond motifs is 1. The summed E-state index contributed by atoms with van der Waals surface area (Å²) in [5, 5.41) is 3.19. The number of thioether (sulfide) groups is 1. The van der Waals surface area contributed by atoms with Crippen LogP contribution in [0.2, 0.25) is 0 Å². The van der Waals surface area contributed by atoms with Crippen molar-refractivity contribution in [3.05, 3.63) is 29.8 Å². The van der Waals surface area contributed by atoms with Gasteiger partial charge in [0.25, 0.3) is 0 Å². The van der Waals surface area contributed by atoms with Gasteiger partial charge in [0.2, 0.25) is 5.91 Å². The Morgan fingerprint density at radius 3 is 2.81 bits per heavy atom. The van der Waals surface area contributed by atoms with Crippen molar-refractivity contribution in [1.29, 1.82) is 0 Å². The molecule has 4 heteroatoms. The van der Waals surface area contributed by atoms with Gasteiger partial charge in [-0.1, -0.05) is 31.0 Å². The zero-order chi connectivity index (χ0) is 14.7. The summed E-state index contributed by atoms with van der Waals surface area (Å²) < 4.78 is 0. The zero-order valence-corrected chi connectivity index (χ0v) is 13.8. The maximum absolute atomic E-state index is 12.5. The molecule has 2 aliphatic rings. The molecule has 0 spiro atoms. The van der Waals surface area contributed by atoms with Gasteiger partial charge in [0.05, 0.1) is 5.92 Å². The Labute approximate surface area is 136 Å². The maximum atomic E-state index is 12.5. The van der Waals surface area contributed by atoms with Crippen LogP contribution in [0, 0.1) is 11.8 Å². The lowest BCUT2D eigenvalue weighted by Crippen LogP contribution is -2.37. The van der Waals surface area contributed by atoms with Crippen LogP contribution in [-0.4, -0.2) is 24.1 Å². The molecule has 0 saturated heterocycles. The number of hydrogen-bond donors (Lipinski definition) is 1. The summed E-state index contributed by atoms with van der Waals surface area (Å²) in [7, 11) is 0. The molecular formula is C17H22ClNOS. The Kier molecular flexibility index (Phi) is 5.12. The van der Waals surface area contributed by atoms with Crippen LogP contribution < -0.4 is 5.32 Å². The third kappa shape index (κ3) is 3.40. The average Bonchev–Trinajstić information content (AvgIpc) is 2.97. The number of alkyl halides is 1.